The second kappa shape index (κ2) is 3.11. The molecule has 0 unspecified atom stereocenters. The van der Waals surface area contributed by atoms with Crippen molar-refractivity contribution in [3.63, 3.8) is 0 Å². The third-order valence-electron chi connectivity index (χ3n) is 3.59. The predicted octanol–water partition coefficient (Wildman–Crippen LogP) is 2.13. The van der Waals surface area contributed by atoms with Crippen molar-refractivity contribution in [2.24, 2.45) is 12.8 Å². The van der Waals surface area contributed by atoms with Crippen LogP contribution in [0.2, 0.25) is 0 Å². The topological polar surface area (TPSA) is 30.9 Å². The number of hydrogen-bond donors (Lipinski definition) is 1. The summed E-state index contributed by atoms with van der Waals surface area (Å²) >= 11 is 0. The van der Waals surface area contributed by atoms with E-state index in [9.17, 15) is 0 Å². The van der Waals surface area contributed by atoms with E-state index in [1.165, 1.54) is 41.4 Å². The van der Waals surface area contributed by atoms with Gasteiger partial charge in [0.15, 0.2) is 0 Å². The Balaban J connectivity index is 2.44. The lowest BCUT2D eigenvalue weighted by molar-refractivity contribution is 0.827. The van der Waals surface area contributed by atoms with Crippen molar-refractivity contribution in [2.45, 2.75) is 25.8 Å². The minimum atomic E-state index is 0.633. The van der Waals surface area contributed by atoms with Gasteiger partial charge in [-0.05, 0) is 30.4 Å². The molecule has 2 N–H and O–H groups in total. The summed E-state index contributed by atoms with van der Waals surface area (Å²) in [6.07, 6.45) is 3.77. The first-order valence-electron chi connectivity index (χ1n) is 5.61. The molecule has 0 fully saturated rings. The van der Waals surface area contributed by atoms with Gasteiger partial charge in [-0.15, -0.1) is 0 Å². The number of para-hydroxylation sites is 1. The Hall–Kier alpha value is -1.28. The van der Waals surface area contributed by atoms with Crippen LogP contribution in [-0.4, -0.2) is 4.57 Å². The summed E-state index contributed by atoms with van der Waals surface area (Å²) in [7, 11) is 2.17. The number of benzene rings is 1. The molecule has 0 saturated carbocycles. The Morgan fingerprint density at radius 1 is 1.33 bits per heavy atom. The molecule has 78 valence electrons. The normalized spacial score (nSPS) is 14.8. The molecule has 2 heteroatoms. The van der Waals surface area contributed by atoms with E-state index in [4.69, 9.17) is 5.73 Å². The third kappa shape index (κ3) is 1.08. The molecule has 0 amide bonds. The van der Waals surface area contributed by atoms with E-state index in [0.717, 1.165) is 0 Å². The Labute approximate surface area is 89.7 Å². The van der Waals surface area contributed by atoms with E-state index in [2.05, 4.69) is 29.8 Å². The largest absolute Gasteiger partial charge is 0.347 e. The van der Waals surface area contributed by atoms with Gasteiger partial charge in [0.1, 0.15) is 0 Å². The number of aryl methyl sites for hydroxylation is 2. The highest BCUT2D eigenvalue weighted by Crippen LogP contribution is 2.33. The predicted molar refractivity (Wildman–Crippen MR) is 62.8 cm³/mol. The summed E-state index contributed by atoms with van der Waals surface area (Å²) in [5.74, 6) is 0. The fourth-order valence-electron chi connectivity index (χ4n) is 2.92. The lowest BCUT2D eigenvalue weighted by Gasteiger charge is -2.05. The summed E-state index contributed by atoms with van der Waals surface area (Å²) in [4.78, 5) is 0. The first-order valence-corrected chi connectivity index (χ1v) is 5.61. The third-order valence-corrected chi connectivity index (χ3v) is 3.59. The van der Waals surface area contributed by atoms with Gasteiger partial charge in [-0.1, -0.05) is 18.2 Å². The molecule has 1 aromatic heterocycles. The van der Waals surface area contributed by atoms with Gasteiger partial charge in [0, 0.05) is 24.7 Å². The minimum absolute atomic E-state index is 0.633. The molecule has 0 bridgehead atoms. The zero-order chi connectivity index (χ0) is 10.4. The molecule has 0 radical (unpaired) electrons. The van der Waals surface area contributed by atoms with Crippen LogP contribution in [0.25, 0.3) is 10.9 Å². The van der Waals surface area contributed by atoms with Gasteiger partial charge in [0.05, 0.1) is 5.52 Å². The van der Waals surface area contributed by atoms with E-state index in [-0.39, 0.29) is 0 Å². The quantitative estimate of drug-likeness (QED) is 0.751. The SMILES string of the molecule is Cn1c2c(c3cccc(CN)c31)CCC2. The molecule has 1 aromatic carbocycles. The molecule has 3 rings (SSSR count). The van der Waals surface area contributed by atoms with Gasteiger partial charge in [-0.25, -0.2) is 0 Å². The molecule has 1 heterocycles. The van der Waals surface area contributed by atoms with Crippen molar-refractivity contribution in [3.05, 3.63) is 35.0 Å². The molecular weight excluding hydrogens is 184 g/mol. The Morgan fingerprint density at radius 2 is 2.20 bits per heavy atom. The summed E-state index contributed by atoms with van der Waals surface area (Å²) in [5, 5.41) is 1.42. The van der Waals surface area contributed by atoms with Gasteiger partial charge in [-0.3, -0.25) is 0 Å². The van der Waals surface area contributed by atoms with Crippen LogP contribution < -0.4 is 5.73 Å². The van der Waals surface area contributed by atoms with Crippen LogP contribution in [0, 0.1) is 0 Å². The number of nitrogens with zero attached hydrogens (tertiary/aromatic N) is 1. The zero-order valence-corrected chi connectivity index (χ0v) is 9.09. The maximum atomic E-state index is 5.79. The summed E-state index contributed by atoms with van der Waals surface area (Å²) in [6.45, 7) is 0.633. The van der Waals surface area contributed by atoms with Crippen LogP contribution in [0.15, 0.2) is 18.2 Å². The van der Waals surface area contributed by atoms with Crippen molar-refractivity contribution in [2.75, 3.05) is 0 Å². The van der Waals surface area contributed by atoms with Crippen molar-refractivity contribution >= 4 is 10.9 Å². The monoisotopic (exact) mass is 200 g/mol. The maximum absolute atomic E-state index is 5.79. The summed E-state index contributed by atoms with van der Waals surface area (Å²) in [6, 6.07) is 6.50. The number of nitrogens with two attached hydrogens (primary N) is 1. The van der Waals surface area contributed by atoms with Crippen molar-refractivity contribution in [1.82, 2.24) is 4.57 Å². The lowest BCUT2D eigenvalue weighted by Crippen LogP contribution is -2.01. The second-order valence-electron chi connectivity index (χ2n) is 4.36. The molecular formula is C13H16N2. The van der Waals surface area contributed by atoms with Gasteiger partial charge in [0.2, 0.25) is 0 Å². The van der Waals surface area contributed by atoms with E-state index in [1.807, 2.05) is 0 Å². The molecule has 0 atom stereocenters. The molecule has 2 aromatic rings. The van der Waals surface area contributed by atoms with Gasteiger partial charge in [0.25, 0.3) is 0 Å². The van der Waals surface area contributed by atoms with E-state index in [0.29, 0.717) is 6.54 Å². The van der Waals surface area contributed by atoms with Gasteiger partial charge in [-0.2, -0.15) is 0 Å². The average molecular weight is 200 g/mol. The number of hydrogen-bond acceptors (Lipinski definition) is 1. The van der Waals surface area contributed by atoms with Crippen LogP contribution in [-0.2, 0) is 26.4 Å². The maximum Gasteiger partial charge on any atom is 0.0528 e. The Kier molecular flexibility index (Phi) is 1.86. The Morgan fingerprint density at radius 3 is 3.00 bits per heavy atom. The summed E-state index contributed by atoms with van der Waals surface area (Å²) in [5.41, 5.74) is 11.5. The molecule has 0 aliphatic heterocycles. The number of rotatable bonds is 1. The van der Waals surface area contributed by atoms with E-state index < -0.39 is 0 Å². The highest BCUT2D eigenvalue weighted by Gasteiger charge is 2.20. The first-order chi connectivity index (χ1) is 7.33. The molecule has 15 heavy (non-hydrogen) atoms. The highest BCUT2D eigenvalue weighted by molar-refractivity contribution is 5.88. The molecule has 0 spiro atoms. The van der Waals surface area contributed by atoms with E-state index >= 15 is 0 Å². The average Bonchev–Trinajstić information content (AvgIpc) is 2.83. The van der Waals surface area contributed by atoms with Crippen LogP contribution in [0.1, 0.15) is 23.2 Å². The smallest absolute Gasteiger partial charge is 0.0528 e. The van der Waals surface area contributed by atoms with Crippen molar-refractivity contribution in [1.29, 1.82) is 0 Å². The van der Waals surface area contributed by atoms with Crippen molar-refractivity contribution < 1.29 is 0 Å². The minimum Gasteiger partial charge on any atom is -0.347 e. The lowest BCUT2D eigenvalue weighted by atomic mass is 10.1. The van der Waals surface area contributed by atoms with Crippen LogP contribution in [0.4, 0.5) is 0 Å². The molecule has 1 aliphatic rings. The molecule has 0 saturated heterocycles. The van der Waals surface area contributed by atoms with Crippen LogP contribution in [0.5, 0.6) is 0 Å². The fraction of sp³-hybridized carbons (Fsp3) is 0.385. The van der Waals surface area contributed by atoms with Crippen LogP contribution >= 0.6 is 0 Å². The van der Waals surface area contributed by atoms with Crippen LogP contribution in [0.3, 0.4) is 0 Å². The fourth-order valence-corrected chi connectivity index (χ4v) is 2.92. The molecule has 2 nitrogen and oxygen atoms in total. The first kappa shape index (κ1) is 8.98. The summed E-state index contributed by atoms with van der Waals surface area (Å²) < 4.78 is 2.35. The van der Waals surface area contributed by atoms with Crippen molar-refractivity contribution in [3.8, 4) is 0 Å². The van der Waals surface area contributed by atoms with E-state index in [1.54, 1.807) is 5.56 Å². The Bertz CT molecular complexity index is 523. The second-order valence-corrected chi connectivity index (χ2v) is 4.36. The highest BCUT2D eigenvalue weighted by atomic mass is 15.0. The number of fused-ring (bicyclic) bond motifs is 3. The van der Waals surface area contributed by atoms with Gasteiger partial charge < -0.3 is 10.3 Å². The standard InChI is InChI=1S/C13H16N2/c1-15-12-7-3-5-10(12)11-6-2-4-9(8-14)13(11)15/h2,4,6H,3,5,7-8,14H2,1H3. The zero-order valence-electron chi connectivity index (χ0n) is 9.09. The van der Waals surface area contributed by atoms with Gasteiger partial charge >= 0.3 is 0 Å². The number of aromatic nitrogens is 1. The molecule has 1 aliphatic carbocycles.